The second kappa shape index (κ2) is 11.2. The number of allylic oxidation sites excluding steroid dienone is 6. The third-order valence-electron chi connectivity index (χ3n) is 5.46. The predicted octanol–water partition coefficient (Wildman–Crippen LogP) is 6.03. The Labute approximate surface area is 199 Å². The third-order valence-corrected chi connectivity index (χ3v) is 5.46. The first-order chi connectivity index (χ1) is 16.2. The summed E-state index contributed by atoms with van der Waals surface area (Å²) in [5, 5.41) is 19.7. The molecular weight excluding hydrogens is 434 g/mol. The van der Waals surface area contributed by atoms with E-state index >= 15 is 0 Å². The molecule has 0 saturated carbocycles. The Balaban J connectivity index is 1.69. The van der Waals surface area contributed by atoms with Crippen molar-refractivity contribution in [3.63, 3.8) is 0 Å². The summed E-state index contributed by atoms with van der Waals surface area (Å²) in [4.78, 5) is 12.1. The summed E-state index contributed by atoms with van der Waals surface area (Å²) in [7, 11) is 1.47. The fraction of sp³-hybridized carbons (Fsp3) is 0.296. The molecule has 1 aromatic carbocycles. The van der Waals surface area contributed by atoms with Crippen LogP contribution >= 0.6 is 0 Å². The van der Waals surface area contributed by atoms with Gasteiger partial charge in [0.15, 0.2) is 5.43 Å². The summed E-state index contributed by atoms with van der Waals surface area (Å²) in [6.45, 7) is 8.29. The zero-order valence-electron chi connectivity index (χ0n) is 20.1. The fourth-order valence-corrected chi connectivity index (χ4v) is 3.92. The van der Waals surface area contributed by atoms with Gasteiger partial charge >= 0.3 is 0 Å². The summed E-state index contributed by atoms with van der Waals surface area (Å²) >= 11 is 0. The van der Waals surface area contributed by atoms with E-state index < -0.39 is 0 Å². The van der Waals surface area contributed by atoms with E-state index in [4.69, 9.17) is 19.1 Å². The maximum absolute atomic E-state index is 12.1. The highest BCUT2D eigenvalue weighted by Gasteiger charge is 2.27. The van der Waals surface area contributed by atoms with Crippen molar-refractivity contribution in [1.29, 1.82) is 0 Å². The molecule has 0 bridgehead atoms. The van der Waals surface area contributed by atoms with Crippen LogP contribution in [0.25, 0.3) is 6.08 Å². The van der Waals surface area contributed by atoms with E-state index in [1.807, 2.05) is 26.8 Å². The Morgan fingerprint density at radius 1 is 1.15 bits per heavy atom. The van der Waals surface area contributed by atoms with E-state index in [-0.39, 0.29) is 28.4 Å². The first-order valence-electron chi connectivity index (χ1n) is 11.0. The Bertz CT molecular complexity index is 1200. The summed E-state index contributed by atoms with van der Waals surface area (Å²) < 4.78 is 16.7. The standard InChI is InChI=1S/C27H30NO6/c1-17(10-18(2)12-21-6-8-23(9-7-21)28(30)31)11-19(3)13-22-14-25(33-16-22)27-20(4)24(29)15-26(32-5)34-27/h6-13,15,25,30H,14,16H2,1-5H3/q-1/b17-10+,18-12+,19-11+,22-13-/t25-/m1/s1. The third kappa shape index (κ3) is 6.57. The molecule has 1 aliphatic heterocycles. The van der Waals surface area contributed by atoms with Crippen molar-refractivity contribution in [2.75, 3.05) is 18.9 Å². The first kappa shape index (κ1) is 25.2. The van der Waals surface area contributed by atoms with Gasteiger partial charge in [-0.15, -0.1) is 0 Å². The van der Waals surface area contributed by atoms with Crippen LogP contribution in [0.15, 0.2) is 80.1 Å². The second-order valence-corrected chi connectivity index (χ2v) is 8.46. The lowest BCUT2D eigenvalue weighted by molar-refractivity contribution is 0.0883. The van der Waals surface area contributed by atoms with Gasteiger partial charge in [0.1, 0.15) is 11.9 Å². The minimum Gasteiger partial charge on any atom is -0.733 e. The molecule has 0 amide bonds. The van der Waals surface area contributed by atoms with E-state index in [1.165, 1.54) is 13.2 Å². The number of hydrogen-bond acceptors (Lipinski definition) is 7. The van der Waals surface area contributed by atoms with Crippen molar-refractivity contribution in [3.05, 3.63) is 103 Å². The quantitative estimate of drug-likeness (QED) is 0.394. The maximum Gasteiger partial charge on any atom is 0.288 e. The Hall–Kier alpha value is -3.39. The lowest BCUT2D eigenvalue weighted by Crippen LogP contribution is -2.11. The van der Waals surface area contributed by atoms with Crippen molar-refractivity contribution in [2.45, 2.75) is 40.2 Å². The number of ether oxygens (including phenoxy) is 2. The van der Waals surface area contributed by atoms with Crippen molar-refractivity contribution in [3.8, 4) is 5.95 Å². The summed E-state index contributed by atoms with van der Waals surface area (Å²) in [6.07, 6.45) is 8.61. The molecule has 1 saturated heterocycles. The molecule has 7 nitrogen and oxygen atoms in total. The van der Waals surface area contributed by atoms with Gasteiger partial charge in [0.25, 0.3) is 5.95 Å². The lowest BCUT2D eigenvalue weighted by atomic mass is 10.0. The topological polar surface area (TPSA) is 95.2 Å². The van der Waals surface area contributed by atoms with Crippen molar-refractivity contribution < 1.29 is 19.1 Å². The van der Waals surface area contributed by atoms with Crippen LogP contribution < -0.4 is 15.4 Å². The average Bonchev–Trinajstić information content (AvgIpc) is 3.23. The van der Waals surface area contributed by atoms with Crippen LogP contribution in [-0.2, 0) is 4.74 Å². The van der Waals surface area contributed by atoms with Crippen molar-refractivity contribution >= 4 is 11.8 Å². The minimum absolute atomic E-state index is 0.129. The molecule has 34 heavy (non-hydrogen) atoms. The van der Waals surface area contributed by atoms with Crippen LogP contribution in [0, 0.1) is 12.1 Å². The zero-order valence-corrected chi connectivity index (χ0v) is 20.1. The van der Waals surface area contributed by atoms with Crippen LogP contribution in [0.5, 0.6) is 5.95 Å². The van der Waals surface area contributed by atoms with Gasteiger partial charge in [-0.3, -0.25) is 10.0 Å². The van der Waals surface area contributed by atoms with Gasteiger partial charge < -0.3 is 24.3 Å². The normalized spacial score (nSPS) is 18.5. The van der Waals surface area contributed by atoms with Crippen LogP contribution in [-0.4, -0.2) is 18.9 Å². The van der Waals surface area contributed by atoms with Crippen LogP contribution in [0.2, 0.25) is 0 Å². The molecule has 2 aromatic rings. The molecule has 1 N–H and O–H groups in total. The largest absolute Gasteiger partial charge is 0.733 e. The number of hydrogen-bond donors (Lipinski definition) is 1. The Morgan fingerprint density at radius 3 is 2.47 bits per heavy atom. The molecule has 0 unspecified atom stereocenters. The van der Waals surface area contributed by atoms with E-state index in [0.29, 0.717) is 24.4 Å². The molecule has 7 heteroatoms. The molecule has 0 spiro atoms. The fourth-order valence-electron chi connectivity index (χ4n) is 3.92. The van der Waals surface area contributed by atoms with E-state index in [1.54, 1.807) is 31.2 Å². The van der Waals surface area contributed by atoms with E-state index in [2.05, 4.69) is 18.2 Å². The Morgan fingerprint density at radius 2 is 1.82 bits per heavy atom. The molecule has 3 rings (SSSR count). The molecular formula is C27H30NO6-. The highest BCUT2D eigenvalue weighted by molar-refractivity contribution is 5.59. The van der Waals surface area contributed by atoms with Gasteiger partial charge in [0.05, 0.1) is 25.5 Å². The Kier molecular flexibility index (Phi) is 8.28. The van der Waals surface area contributed by atoms with E-state index in [9.17, 15) is 10.0 Å². The molecule has 1 aromatic heterocycles. The maximum atomic E-state index is 12.1. The first-order valence-corrected chi connectivity index (χ1v) is 11.0. The summed E-state index contributed by atoms with van der Waals surface area (Å²) in [6, 6.07) is 8.02. The highest BCUT2D eigenvalue weighted by atomic mass is 16.8. The second-order valence-electron chi connectivity index (χ2n) is 8.46. The average molecular weight is 465 g/mol. The van der Waals surface area contributed by atoms with E-state index in [0.717, 1.165) is 27.9 Å². The molecule has 180 valence electrons. The summed E-state index contributed by atoms with van der Waals surface area (Å²) in [5.74, 6) is 0.699. The smallest absolute Gasteiger partial charge is 0.288 e. The van der Waals surface area contributed by atoms with Gasteiger partial charge in [0.2, 0.25) is 0 Å². The molecule has 1 aliphatic rings. The van der Waals surface area contributed by atoms with Gasteiger partial charge in [0, 0.05) is 12.0 Å². The van der Waals surface area contributed by atoms with Gasteiger partial charge in [-0.05, 0) is 51.0 Å². The number of methoxy groups -OCH3 is 1. The number of nitrogens with zero attached hydrogens (tertiary/aromatic N) is 1. The van der Waals surface area contributed by atoms with Crippen molar-refractivity contribution in [2.24, 2.45) is 0 Å². The number of benzene rings is 1. The summed E-state index contributed by atoms with van der Waals surface area (Å²) in [5.41, 5.74) is 5.89. The van der Waals surface area contributed by atoms with Gasteiger partial charge in [-0.1, -0.05) is 53.2 Å². The zero-order chi connectivity index (χ0) is 24.8. The molecule has 0 radical (unpaired) electrons. The number of rotatable bonds is 7. The highest BCUT2D eigenvalue weighted by Crippen LogP contribution is 2.35. The van der Waals surface area contributed by atoms with Crippen LogP contribution in [0.4, 0.5) is 5.69 Å². The molecule has 1 atom stereocenters. The van der Waals surface area contributed by atoms with Crippen molar-refractivity contribution in [1.82, 2.24) is 0 Å². The van der Waals surface area contributed by atoms with Gasteiger partial charge in [-0.25, -0.2) is 0 Å². The monoisotopic (exact) mass is 464 g/mol. The minimum atomic E-state index is -0.311. The van der Waals surface area contributed by atoms with Gasteiger partial charge in [-0.2, -0.15) is 0 Å². The SMILES string of the molecule is COc1cc(=O)c(C)c([C@H]2C/C(=C/C(C)=C/C(C)=C/C(C)=C/c3ccc(N([O-])O)cc3)CO2)o1. The molecule has 1 fully saturated rings. The van der Waals surface area contributed by atoms with Crippen LogP contribution in [0.1, 0.15) is 50.2 Å². The molecule has 0 aliphatic carbocycles. The van der Waals surface area contributed by atoms with Crippen LogP contribution in [0.3, 0.4) is 0 Å². The number of anilines is 1. The lowest BCUT2D eigenvalue weighted by Gasteiger charge is -2.21. The molecule has 2 heterocycles. The predicted molar refractivity (Wildman–Crippen MR) is 133 cm³/mol.